The van der Waals surface area contributed by atoms with Crippen molar-refractivity contribution in [3.05, 3.63) is 56.7 Å². The van der Waals surface area contributed by atoms with Gasteiger partial charge in [-0.25, -0.2) is 9.07 Å². The van der Waals surface area contributed by atoms with Crippen LogP contribution in [0.3, 0.4) is 0 Å². The van der Waals surface area contributed by atoms with Gasteiger partial charge in [0, 0.05) is 17.1 Å². The summed E-state index contributed by atoms with van der Waals surface area (Å²) < 4.78 is 15.5. The van der Waals surface area contributed by atoms with Crippen molar-refractivity contribution in [3.63, 3.8) is 0 Å². The number of amides is 1. The first-order chi connectivity index (χ1) is 10.5. The van der Waals surface area contributed by atoms with Crippen molar-refractivity contribution in [2.75, 3.05) is 5.32 Å². The highest BCUT2D eigenvalue weighted by Gasteiger charge is 2.12. The Kier molecular flexibility index (Phi) is 5.43. The molecule has 1 heterocycles. The molecule has 1 amide bonds. The molecule has 0 aliphatic heterocycles. The van der Waals surface area contributed by atoms with Crippen molar-refractivity contribution in [1.29, 1.82) is 0 Å². The standard InChI is InChI=1S/C15H15BrFN3O2/c1-2-3-8-20-14(21)7-6-13(19-20)15(22)18-12-5-4-10(16)9-11(12)17/h4-7,9H,2-3,8H2,1H3,(H,18,22). The van der Waals surface area contributed by atoms with Crippen LogP contribution in [0, 0.1) is 5.82 Å². The van der Waals surface area contributed by atoms with Gasteiger partial charge in [0.2, 0.25) is 0 Å². The van der Waals surface area contributed by atoms with E-state index in [9.17, 15) is 14.0 Å². The summed E-state index contributed by atoms with van der Waals surface area (Å²) in [5.74, 6) is -1.12. The zero-order valence-electron chi connectivity index (χ0n) is 12.0. The van der Waals surface area contributed by atoms with Crippen LogP contribution >= 0.6 is 15.9 Å². The Morgan fingerprint density at radius 2 is 2.14 bits per heavy atom. The van der Waals surface area contributed by atoms with Crippen LogP contribution < -0.4 is 10.9 Å². The number of aromatic nitrogens is 2. The quantitative estimate of drug-likeness (QED) is 0.882. The zero-order valence-corrected chi connectivity index (χ0v) is 13.6. The third kappa shape index (κ3) is 4.00. The van der Waals surface area contributed by atoms with E-state index < -0.39 is 11.7 Å². The topological polar surface area (TPSA) is 64.0 Å². The lowest BCUT2D eigenvalue weighted by Gasteiger charge is -2.08. The number of nitrogens with one attached hydrogen (secondary N) is 1. The van der Waals surface area contributed by atoms with Crippen LogP contribution in [-0.4, -0.2) is 15.7 Å². The molecule has 0 bridgehead atoms. The monoisotopic (exact) mass is 367 g/mol. The number of nitrogens with zero attached hydrogens (tertiary/aromatic N) is 2. The number of aryl methyl sites for hydroxylation is 1. The molecule has 1 aromatic heterocycles. The van der Waals surface area contributed by atoms with E-state index >= 15 is 0 Å². The molecule has 0 saturated heterocycles. The third-order valence-corrected chi connectivity index (χ3v) is 3.50. The van der Waals surface area contributed by atoms with Crippen LogP contribution in [0.25, 0.3) is 0 Å². The van der Waals surface area contributed by atoms with Gasteiger partial charge in [0.25, 0.3) is 11.5 Å². The van der Waals surface area contributed by atoms with E-state index in [-0.39, 0.29) is 16.9 Å². The number of carbonyl (C=O) groups excluding carboxylic acids is 1. The van der Waals surface area contributed by atoms with Crippen LogP contribution in [0.1, 0.15) is 30.3 Å². The zero-order chi connectivity index (χ0) is 16.1. The van der Waals surface area contributed by atoms with Gasteiger partial charge in [-0.3, -0.25) is 9.59 Å². The maximum absolute atomic E-state index is 13.7. The highest BCUT2D eigenvalue weighted by molar-refractivity contribution is 9.10. The minimum Gasteiger partial charge on any atom is -0.318 e. The van der Waals surface area contributed by atoms with Gasteiger partial charge in [0.1, 0.15) is 11.5 Å². The average molecular weight is 368 g/mol. The number of anilines is 1. The van der Waals surface area contributed by atoms with E-state index in [2.05, 4.69) is 26.3 Å². The van der Waals surface area contributed by atoms with Crippen LogP contribution in [0.5, 0.6) is 0 Å². The number of benzene rings is 1. The number of halogens is 2. The van der Waals surface area contributed by atoms with Crippen molar-refractivity contribution >= 4 is 27.5 Å². The third-order valence-electron chi connectivity index (χ3n) is 3.00. The first-order valence-corrected chi connectivity index (χ1v) is 7.65. The predicted molar refractivity (Wildman–Crippen MR) is 85.5 cm³/mol. The Hall–Kier alpha value is -2.02. The number of rotatable bonds is 5. The normalized spacial score (nSPS) is 10.5. The second-order valence-electron chi connectivity index (χ2n) is 4.71. The minimum atomic E-state index is -0.563. The summed E-state index contributed by atoms with van der Waals surface area (Å²) in [6.07, 6.45) is 1.70. The average Bonchev–Trinajstić information content (AvgIpc) is 2.49. The molecule has 1 N–H and O–H groups in total. The van der Waals surface area contributed by atoms with Crippen LogP contribution in [0.2, 0.25) is 0 Å². The molecule has 0 spiro atoms. The lowest BCUT2D eigenvalue weighted by molar-refractivity contribution is 0.101. The Morgan fingerprint density at radius 3 is 2.82 bits per heavy atom. The van der Waals surface area contributed by atoms with Crippen molar-refractivity contribution in [1.82, 2.24) is 9.78 Å². The fourth-order valence-corrected chi connectivity index (χ4v) is 2.15. The molecule has 0 saturated carbocycles. The molecule has 1 aromatic carbocycles. The Balaban J connectivity index is 2.20. The highest BCUT2D eigenvalue weighted by Crippen LogP contribution is 2.19. The number of carbonyl (C=O) groups is 1. The van der Waals surface area contributed by atoms with Gasteiger partial charge in [0.15, 0.2) is 0 Å². The number of hydrogen-bond acceptors (Lipinski definition) is 3. The Morgan fingerprint density at radius 1 is 1.36 bits per heavy atom. The maximum atomic E-state index is 13.7. The Bertz CT molecular complexity index is 746. The molecule has 7 heteroatoms. The summed E-state index contributed by atoms with van der Waals surface area (Å²) in [6.45, 7) is 2.45. The van der Waals surface area contributed by atoms with Crippen molar-refractivity contribution in [2.24, 2.45) is 0 Å². The van der Waals surface area contributed by atoms with E-state index in [1.807, 2.05) is 6.92 Å². The van der Waals surface area contributed by atoms with Gasteiger partial charge in [-0.05, 0) is 30.7 Å². The second-order valence-corrected chi connectivity index (χ2v) is 5.63. The molecular weight excluding hydrogens is 353 g/mol. The molecular formula is C15H15BrFN3O2. The molecule has 0 atom stereocenters. The van der Waals surface area contributed by atoms with Gasteiger partial charge in [-0.1, -0.05) is 29.3 Å². The molecule has 0 aliphatic carbocycles. The van der Waals surface area contributed by atoms with Gasteiger partial charge < -0.3 is 5.32 Å². The summed E-state index contributed by atoms with van der Waals surface area (Å²) in [5.41, 5.74) is -0.140. The van der Waals surface area contributed by atoms with Crippen molar-refractivity contribution in [2.45, 2.75) is 26.3 Å². The van der Waals surface area contributed by atoms with E-state index in [1.54, 1.807) is 6.07 Å². The molecule has 116 valence electrons. The molecule has 0 unspecified atom stereocenters. The lowest BCUT2D eigenvalue weighted by atomic mass is 10.3. The van der Waals surface area contributed by atoms with Gasteiger partial charge >= 0.3 is 0 Å². The van der Waals surface area contributed by atoms with E-state index in [1.165, 1.54) is 28.9 Å². The fraction of sp³-hybridized carbons (Fsp3) is 0.267. The number of hydrogen-bond donors (Lipinski definition) is 1. The molecule has 0 fully saturated rings. The predicted octanol–water partition coefficient (Wildman–Crippen LogP) is 3.20. The van der Waals surface area contributed by atoms with E-state index in [4.69, 9.17) is 0 Å². The largest absolute Gasteiger partial charge is 0.318 e. The second kappa shape index (κ2) is 7.31. The highest BCUT2D eigenvalue weighted by atomic mass is 79.9. The SMILES string of the molecule is CCCCn1nc(C(=O)Nc2ccc(Br)cc2F)ccc1=O. The maximum Gasteiger partial charge on any atom is 0.276 e. The van der Waals surface area contributed by atoms with Crippen molar-refractivity contribution in [3.8, 4) is 0 Å². The van der Waals surface area contributed by atoms with Crippen molar-refractivity contribution < 1.29 is 9.18 Å². The summed E-state index contributed by atoms with van der Waals surface area (Å²) in [6, 6.07) is 6.94. The van der Waals surface area contributed by atoms with Crippen LogP contribution in [0.15, 0.2) is 39.6 Å². The fourth-order valence-electron chi connectivity index (χ4n) is 1.82. The van der Waals surface area contributed by atoms with Gasteiger partial charge in [-0.15, -0.1) is 0 Å². The lowest BCUT2D eigenvalue weighted by Crippen LogP contribution is -2.26. The minimum absolute atomic E-state index is 0.0568. The van der Waals surface area contributed by atoms with Gasteiger partial charge in [-0.2, -0.15) is 5.10 Å². The van der Waals surface area contributed by atoms with Crippen LogP contribution in [0.4, 0.5) is 10.1 Å². The summed E-state index contributed by atoms with van der Waals surface area (Å²) >= 11 is 3.15. The van der Waals surface area contributed by atoms with Gasteiger partial charge in [0.05, 0.1) is 5.69 Å². The number of unbranched alkanes of at least 4 members (excludes halogenated alkanes) is 1. The first kappa shape index (κ1) is 16.4. The molecule has 0 aliphatic rings. The Labute approximate surface area is 135 Å². The van der Waals surface area contributed by atoms with E-state index in [0.717, 1.165) is 12.8 Å². The molecule has 2 rings (SSSR count). The first-order valence-electron chi connectivity index (χ1n) is 6.86. The van der Waals surface area contributed by atoms with Crippen LogP contribution in [-0.2, 0) is 6.54 Å². The molecule has 5 nitrogen and oxygen atoms in total. The molecule has 0 radical (unpaired) electrons. The van der Waals surface area contributed by atoms with E-state index in [0.29, 0.717) is 11.0 Å². The molecule has 22 heavy (non-hydrogen) atoms. The summed E-state index contributed by atoms with van der Waals surface area (Å²) in [7, 11) is 0. The smallest absolute Gasteiger partial charge is 0.276 e. The summed E-state index contributed by atoms with van der Waals surface area (Å²) in [4.78, 5) is 23.8. The summed E-state index contributed by atoms with van der Waals surface area (Å²) in [5, 5.41) is 6.46. The molecule has 2 aromatic rings.